The Morgan fingerprint density at radius 1 is 1.11 bits per heavy atom. The van der Waals surface area contributed by atoms with Gasteiger partial charge in [0.1, 0.15) is 5.75 Å². The third-order valence-electron chi connectivity index (χ3n) is 2.89. The lowest BCUT2D eigenvalue weighted by molar-refractivity contribution is 0.474. The minimum atomic E-state index is 0.303. The van der Waals surface area contributed by atoms with Gasteiger partial charge in [-0.2, -0.15) is 0 Å². The zero-order valence-electron chi connectivity index (χ0n) is 10.3. The number of phenols is 1. The summed E-state index contributed by atoms with van der Waals surface area (Å²) in [4.78, 5) is 2.26. The maximum absolute atomic E-state index is 9.55. The van der Waals surface area contributed by atoms with E-state index in [0.29, 0.717) is 5.75 Å². The SMILES string of the molecule is CCN(Cc1cc(O)ccc1Br)c1ccccc1. The Hall–Kier alpha value is -1.48. The van der Waals surface area contributed by atoms with Gasteiger partial charge >= 0.3 is 0 Å². The van der Waals surface area contributed by atoms with Crippen LogP contribution >= 0.6 is 15.9 Å². The first-order valence-electron chi connectivity index (χ1n) is 5.98. The van der Waals surface area contributed by atoms with Crippen LogP contribution in [0.25, 0.3) is 0 Å². The second kappa shape index (κ2) is 5.91. The van der Waals surface area contributed by atoms with Crippen molar-refractivity contribution in [2.75, 3.05) is 11.4 Å². The summed E-state index contributed by atoms with van der Waals surface area (Å²) in [6, 6.07) is 15.7. The van der Waals surface area contributed by atoms with Crippen LogP contribution in [-0.2, 0) is 6.54 Å². The number of anilines is 1. The summed E-state index contributed by atoms with van der Waals surface area (Å²) in [6.07, 6.45) is 0. The van der Waals surface area contributed by atoms with Crippen LogP contribution in [0, 0.1) is 0 Å². The highest BCUT2D eigenvalue weighted by molar-refractivity contribution is 9.10. The fraction of sp³-hybridized carbons (Fsp3) is 0.200. The second-order valence-electron chi connectivity index (χ2n) is 4.13. The first-order chi connectivity index (χ1) is 8.70. The van der Waals surface area contributed by atoms with Gasteiger partial charge in [-0.1, -0.05) is 34.1 Å². The van der Waals surface area contributed by atoms with Crippen molar-refractivity contribution in [3.05, 3.63) is 58.6 Å². The summed E-state index contributed by atoms with van der Waals surface area (Å²) in [7, 11) is 0. The molecular formula is C15H16BrNO. The van der Waals surface area contributed by atoms with Gasteiger partial charge in [0.25, 0.3) is 0 Å². The maximum atomic E-state index is 9.55. The topological polar surface area (TPSA) is 23.5 Å². The number of aromatic hydroxyl groups is 1. The number of halogens is 1. The number of hydrogen-bond donors (Lipinski definition) is 1. The zero-order chi connectivity index (χ0) is 13.0. The maximum Gasteiger partial charge on any atom is 0.115 e. The minimum absolute atomic E-state index is 0.303. The molecule has 2 aromatic carbocycles. The molecule has 0 atom stereocenters. The lowest BCUT2D eigenvalue weighted by atomic mass is 10.2. The van der Waals surface area contributed by atoms with Crippen molar-refractivity contribution < 1.29 is 5.11 Å². The third-order valence-corrected chi connectivity index (χ3v) is 3.67. The molecule has 0 bridgehead atoms. The molecule has 94 valence electrons. The predicted molar refractivity (Wildman–Crippen MR) is 79.0 cm³/mol. The fourth-order valence-electron chi connectivity index (χ4n) is 1.91. The van der Waals surface area contributed by atoms with Gasteiger partial charge in [-0.25, -0.2) is 0 Å². The molecule has 2 nitrogen and oxygen atoms in total. The van der Waals surface area contributed by atoms with Crippen LogP contribution in [0.15, 0.2) is 53.0 Å². The van der Waals surface area contributed by atoms with E-state index < -0.39 is 0 Å². The number of nitrogens with zero attached hydrogens (tertiary/aromatic N) is 1. The van der Waals surface area contributed by atoms with Crippen LogP contribution in [0.5, 0.6) is 5.75 Å². The van der Waals surface area contributed by atoms with Crippen molar-refractivity contribution in [1.29, 1.82) is 0 Å². The van der Waals surface area contributed by atoms with Crippen molar-refractivity contribution in [1.82, 2.24) is 0 Å². The molecule has 0 radical (unpaired) electrons. The first kappa shape index (κ1) is 13.0. The normalized spacial score (nSPS) is 10.3. The second-order valence-corrected chi connectivity index (χ2v) is 4.98. The highest BCUT2D eigenvalue weighted by atomic mass is 79.9. The Morgan fingerprint density at radius 3 is 2.50 bits per heavy atom. The monoisotopic (exact) mass is 305 g/mol. The first-order valence-corrected chi connectivity index (χ1v) is 6.77. The molecule has 18 heavy (non-hydrogen) atoms. The lowest BCUT2D eigenvalue weighted by Gasteiger charge is -2.23. The van der Waals surface area contributed by atoms with Crippen molar-refractivity contribution in [3.63, 3.8) is 0 Å². The summed E-state index contributed by atoms with van der Waals surface area (Å²) >= 11 is 3.52. The Balaban J connectivity index is 2.23. The highest BCUT2D eigenvalue weighted by Gasteiger charge is 2.08. The van der Waals surface area contributed by atoms with E-state index in [4.69, 9.17) is 0 Å². The molecule has 0 aliphatic rings. The van der Waals surface area contributed by atoms with E-state index in [-0.39, 0.29) is 0 Å². The minimum Gasteiger partial charge on any atom is -0.508 e. The highest BCUT2D eigenvalue weighted by Crippen LogP contribution is 2.25. The molecule has 0 unspecified atom stereocenters. The number of hydrogen-bond acceptors (Lipinski definition) is 2. The van der Waals surface area contributed by atoms with Gasteiger partial charge in [0.15, 0.2) is 0 Å². The molecule has 0 heterocycles. The Morgan fingerprint density at radius 2 is 1.83 bits per heavy atom. The van der Waals surface area contributed by atoms with E-state index in [1.165, 1.54) is 5.69 Å². The van der Waals surface area contributed by atoms with Crippen molar-refractivity contribution >= 4 is 21.6 Å². The van der Waals surface area contributed by atoms with Gasteiger partial charge in [-0.3, -0.25) is 0 Å². The van der Waals surface area contributed by atoms with Crippen molar-refractivity contribution in [3.8, 4) is 5.75 Å². The quantitative estimate of drug-likeness (QED) is 0.916. The summed E-state index contributed by atoms with van der Waals surface area (Å²) in [5.74, 6) is 0.303. The van der Waals surface area contributed by atoms with Crippen LogP contribution in [0.1, 0.15) is 12.5 Å². The van der Waals surface area contributed by atoms with Gasteiger partial charge in [0.2, 0.25) is 0 Å². The van der Waals surface area contributed by atoms with Crippen LogP contribution < -0.4 is 4.90 Å². The summed E-state index contributed by atoms with van der Waals surface area (Å²) < 4.78 is 1.02. The van der Waals surface area contributed by atoms with Gasteiger partial charge in [-0.15, -0.1) is 0 Å². The van der Waals surface area contributed by atoms with E-state index in [1.54, 1.807) is 12.1 Å². The molecule has 0 amide bonds. The van der Waals surface area contributed by atoms with Crippen LogP contribution in [0.4, 0.5) is 5.69 Å². The molecule has 0 aliphatic heterocycles. The zero-order valence-corrected chi connectivity index (χ0v) is 11.9. The molecule has 3 heteroatoms. The Kier molecular flexibility index (Phi) is 4.26. The van der Waals surface area contributed by atoms with Gasteiger partial charge in [0.05, 0.1) is 0 Å². The molecule has 0 aromatic heterocycles. The molecule has 0 saturated heterocycles. The summed E-state index contributed by atoms with van der Waals surface area (Å²) in [5.41, 5.74) is 2.27. The van der Waals surface area contributed by atoms with Crippen molar-refractivity contribution in [2.24, 2.45) is 0 Å². The molecule has 0 fully saturated rings. The predicted octanol–water partition coefficient (Wildman–Crippen LogP) is 4.18. The molecule has 0 spiro atoms. The van der Waals surface area contributed by atoms with E-state index in [0.717, 1.165) is 23.1 Å². The van der Waals surface area contributed by atoms with E-state index in [9.17, 15) is 5.11 Å². The average Bonchev–Trinajstić information content (AvgIpc) is 2.41. The number of rotatable bonds is 4. The van der Waals surface area contributed by atoms with Gasteiger partial charge in [0, 0.05) is 23.2 Å². The Bertz CT molecular complexity index is 513. The molecule has 1 N–H and O–H groups in total. The lowest BCUT2D eigenvalue weighted by Crippen LogP contribution is -2.22. The number of benzene rings is 2. The molecule has 2 aromatic rings. The van der Waals surface area contributed by atoms with Crippen molar-refractivity contribution in [2.45, 2.75) is 13.5 Å². The third kappa shape index (κ3) is 3.05. The van der Waals surface area contributed by atoms with E-state index >= 15 is 0 Å². The van der Waals surface area contributed by atoms with Crippen LogP contribution in [-0.4, -0.2) is 11.7 Å². The van der Waals surface area contributed by atoms with E-state index in [1.807, 2.05) is 24.3 Å². The fourth-order valence-corrected chi connectivity index (χ4v) is 2.28. The summed E-state index contributed by atoms with van der Waals surface area (Å²) in [6.45, 7) is 3.82. The van der Waals surface area contributed by atoms with E-state index in [2.05, 4.69) is 39.9 Å². The smallest absolute Gasteiger partial charge is 0.115 e. The standard InChI is InChI=1S/C15H16BrNO/c1-2-17(13-6-4-3-5-7-13)11-12-10-14(18)8-9-15(12)16/h3-10,18H,2,11H2,1H3. The number of para-hydroxylation sites is 1. The Labute approximate surface area is 116 Å². The molecule has 2 rings (SSSR count). The summed E-state index contributed by atoms with van der Waals surface area (Å²) in [5, 5.41) is 9.55. The largest absolute Gasteiger partial charge is 0.508 e. The average molecular weight is 306 g/mol. The van der Waals surface area contributed by atoms with Crippen LogP contribution in [0.3, 0.4) is 0 Å². The molecular weight excluding hydrogens is 290 g/mol. The van der Waals surface area contributed by atoms with Gasteiger partial charge in [-0.05, 0) is 42.8 Å². The number of phenolic OH excluding ortho intramolecular Hbond substituents is 1. The molecule has 0 saturated carbocycles. The molecule has 0 aliphatic carbocycles. The van der Waals surface area contributed by atoms with Gasteiger partial charge < -0.3 is 10.0 Å². The van der Waals surface area contributed by atoms with Crippen LogP contribution in [0.2, 0.25) is 0 Å².